The van der Waals surface area contributed by atoms with Gasteiger partial charge in [0.2, 0.25) is 20.0 Å². The maximum atomic E-state index is 13.5. The molecule has 2 saturated carbocycles. The number of aryl methyl sites for hydroxylation is 1. The summed E-state index contributed by atoms with van der Waals surface area (Å²) in [5.41, 5.74) is 1.49. The molecule has 3 aliphatic carbocycles. The number of nitrogens with zero attached hydrogens (tertiary/aromatic N) is 2. The van der Waals surface area contributed by atoms with Crippen molar-refractivity contribution < 1.29 is 16.8 Å². The van der Waals surface area contributed by atoms with E-state index in [1.54, 1.807) is 43.6 Å². The van der Waals surface area contributed by atoms with Gasteiger partial charge in [-0.3, -0.25) is 0 Å². The molecule has 2 heterocycles. The van der Waals surface area contributed by atoms with E-state index in [4.69, 9.17) is 11.6 Å². The van der Waals surface area contributed by atoms with Crippen LogP contribution in [0.5, 0.6) is 0 Å². The van der Waals surface area contributed by atoms with Gasteiger partial charge in [-0.15, -0.1) is 0 Å². The Bertz CT molecular complexity index is 1460. The summed E-state index contributed by atoms with van der Waals surface area (Å²) < 4.78 is 54.7. The average Bonchev–Trinajstić information content (AvgIpc) is 3.56. The van der Waals surface area contributed by atoms with Gasteiger partial charge in [0.25, 0.3) is 0 Å². The quantitative estimate of drug-likeness (QED) is 0.385. The molecule has 4 atom stereocenters. The lowest BCUT2D eigenvalue weighted by atomic mass is 10.0. The summed E-state index contributed by atoms with van der Waals surface area (Å²) in [6.07, 6.45) is 14.7. The number of fused-ring (bicyclic) bond motifs is 1. The van der Waals surface area contributed by atoms with E-state index in [0.29, 0.717) is 29.1 Å². The molecule has 2 N–H and O–H groups in total. The Kier molecular flexibility index (Phi) is 7.83. The van der Waals surface area contributed by atoms with Crippen molar-refractivity contribution in [3.8, 4) is 0 Å². The van der Waals surface area contributed by atoms with Crippen LogP contribution in [0.25, 0.3) is 11.0 Å². The van der Waals surface area contributed by atoms with E-state index in [2.05, 4.69) is 21.9 Å². The highest BCUT2D eigenvalue weighted by Crippen LogP contribution is 2.34. The van der Waals surface area contributed by atoms with Crippen LogP contribution in [0.15, 0.2) is 47.8 Å². The second-order valence-corrected chi connectivity index (χ2v) is 15.9. The number of allylic oxidation sites excluding steroid dienone is 3. The van der Waals surface area contributed by atoms with Crippen LogP contribution in [0.4, 0.5) is 0 Å². The first kappa shape index (κ1) is 27.8. The predicted molar refractivity (Wildman–Crippen MR) is 152 cm³/mol. The Morgan fingerprint density at radius 3 is 2.68 bits per heavy atom. The molecule has 3 aliphatic rings. The van der Waals surface area contributed by atoms with E-state index in [9.17, 15) is 16.8 Å². The first-order valence-corrected chi connectivity index (χ1v) is 16.9. The fourth-order valence-corrected chi connectivity index (χ4v) is 9.02. The molecule has 0 radical (unpaired) electrons. The third kappa shape index (κ3) is 5.61. The van der Waals surface area contributed by atoms with Crippen molar-refractivity contribution in [2.45, 2.75) is 87.3 Å². The Morgan fingerprint density at radius 1 is 1.21 bits per heavy atom. The Hall–Kier alpha value is -1.72. The highest BCUT2D eigenvalue weighted by atomic mass is 35.5. The molecule has 2 aromatic rings. The monoisotopic (exact) mass is 580 g/mol. The number of hydrogen-bond acceptors (Lipinski definition) is 6. The molecule has 0 bridgehead atoms. The van der Waals surface area contributed by atoms with Crippen LogP contribution in [0.1, 0.15) is 64.4 Å². The lowest BCUT2D eigenvalue weighted by Crippen LogP contribution is -2.38. The minimum atomic E-state index is -3.73. The van der Waals surface area contributed by atoms with Crippen molar-refractivity contribution in [2.24, 2.45) is 5.92 Å². The molecule has 2 fully saturated rings. The first-order chi connectivity index (χ1) is 18.0. The van der Waals surface area contributed by atoms with Gasteiger partial charge in [0, 0.05) is 34.9 Å². The minimum absolute atomic E-state index is 0.0225. The van der Waals surface area contributed by atoms with E-state index in [1.165, 1.54) is 3.97 Å². The third-order valence-corrected chi connectivity index (χ3v) is 12.8. The predicted octanol–water partition coefficient (Wildman–Crippen LogP) is 4.22. The molecule has 5 rings (SSSR count). The smallest absolute Gasteiger partial charge is 0.249 e. The highest BCUT2D eigenvalue weighted by Gasteiger charge is 2.41. The van der Waals surface area contributed by atoms with Gasteiger partial charge in [0.1, 0.15) is 4.75 Å². The summed E-state index contributed by atoms with van der Waals surface area (Å²) in [7, 11) is -6.89. The Labute approximate surface area is 231 Å². The Morgan fingerprint density at radius 2 is 2.00 bits per heavy atom. The van der Waals surface area contributed by atoms with Crippen LogP contribution >= 0.6 is 11.6 Å². The molecule has 0 saturated heterocycles. The lowest BCUT2D eigenvalue weighted by Gasteiger charge is -2.27. The first-order valence-electron chi connectivity index (χ1n) is 13.5. The van der Waals surface area contributed by atoms with E-state index in [-0.39, 0.29) is 11.3 Å². The van der Waals surface area contributed by atoms with E-state index in [1.807, 2.05) is 6.07 Å². The number of hydrogen-bond donors (Lipinski definition) is 2. The molecule has 0 amide bonds. The molecule has 0 spiro atoms. The number of halogens is 1. The van der Waals surface area contributed by atoms with E-state index < -0.39 is 24.8 Å². The van der Waals surface area contributed by atoms with Crippen molar-refractivity contribution in [3.05, 3.63) is 53.4 Å². The van der Waals surface area contributed by atoms with Gasteiger partial charge >= 0.3 is 0 Å². The average molecular weight is 581 g/mol. The van der Waals surface area contributed by atoms with Gasteiger partial charge in [-0.05, 0) is 88.1 Å². The fraction of sp³-hybridized carbons (Fsp3) is 0.593. The number of aromatic nitrogens is 2. The second-order valence-electron chi connectivity index (χ2n) is 11.2. The summed E-state index contributed by atoms with van der Waals surface area (Å²) in [6, 6.07) is 4.14. The zero-order chi connectivity index (χ0) is 27.1. The van der Waals surface area contributed by atoms with Gasteiger partial charge in [-0.2, -0.15) is 0 Å². The number of pyridine rings is 1. The van der Waals surface area contributed by atoms with E-state index >= 15 is 0 Å². The maximum Gasteiger partial charge on any atom is 0.249 e. The van der Waals surface area contributed by atoms with Gasteiger partial charge in [-0.25, -0.2) is 30.5 Å². The normalized spacial score (nSPS) is 28.2. The molecule has 208 valence electrons. The largest absolute Gasteiger partial charge is 0.314 e. The molecular formula is C27H37ClN4O4S2. The summed E-state index contributed by atoms with van der Waals surface area (Å²) in [4.78, 5) is 4.53. The number of nitrogens with one attached hydrogen (secondary N) is 2. The standard InChI is InChI=1S/C27H37ClN4O4S2/c1-3-20-16-23(31-37(33,34)24-6-7-24)17-25(20)29-13-4-5-19-15-21-10-14-32(26(21)30-18-19)38(35,36)27(2)11-8-22(28)9-12-27/h8-11,14-15,18,20,23-25,29,31H,3-7,12-13,16-17H2,1-2H3/t20-,23+,25+,27?/m1/s1. The topological polar surface area (TPSA) is 110 Å². The molecule has 0 aromatic carbocycles. The zero-order valence-corrected chi connectivity index (χ0v) is 24.3. The van der Waals surface area contributed by atoms with Crippen molar-refractivity contribution >= 4 is 42.7 Å². The molecule has 38 heavy (non-hydrogen) atoms. The molecule has 0 aliphatic heterocycles. The fourth-order valence-electron chi connectivity index (χ4n) is 5.69. The summed E-state index contributed by atoms with van der Waals surface area (Å²) in [5, 5.41) is 4.82. The number of rotatable bonds is 11. The van der Waals surface area contributed by atoms with Crippen LogP contribution in [0.3, 0.4) is 0 Å². The van der Waals surface area contributed by atoms with Crippen LogP contribution in [0, 0.1) is 5.92 Å². The molecular weight excluding hydrogens is 544 g/mol. The van der Waals surface area contributed by atoms with Gasteiger partial charge < -0.3 is 5.32 Å². The van der Waals surface area contributed by atoms with E-state index in [0.717, 1.165) is 62.4 Å². The molecule has 11 heteroatoms. The second kappa shape index (κ2) is 10.7. The molecule has 8 nitrogen and oxygen atoms in total. The van der Waals surface area contributed by atoms with Crippen LogP contribution in [-0.4, -0.2) is 54.4 Å². The summed E-state index contributed by atoms with van der Waals surface area (Å²) in [5.74, 6) is 0.467. The Balaban J connectivity index is 1.17. The highest BCUT2D eigenvalue weighted by molar-refractivity contribution is 7.91. The van der Waals surface area contributed by atoms with Crippen LogP contribution < -0.4 is 10.0 Å². The van der Waals surface area contributed by atoms with Crippen LogP contribution in [0.2, 0.25) is 0 Å². The van der Waals surface area contributed by atoms with Gasteiger partial charge in [0.15, 0.2) is 5.65 Å². The van der Waals surface area contributed by atoms with Gasteiger partial charge in [0.05, 0.1) is 5.25 Å². The summed E-state index contributed by atoms with van der Waals surface area (Å²) >= 11 is 6.01. The lowest BCUT2D eigenvalue weighted by molar-refractivity contribution is 0.389. The van der Waals surface area contributed by atoms with Crippen molar-refractivity contribution in [1.82, 2.24) is 19.0 Å². The van der Waals surface area contributed by atoms with Crippen molar-refractivity contribution in [2.75, 3.05) is 6.54 Å². The summed E-state index contributed by atoms with van der Waals surface area (Å²) in [6.45, 7) is 4.70. The van der Waals surface area contributed by atoms with Crippen molar-refractivity contribution in [1.29, 1.82) is 0 Å². The minimum Gasteiger partial charge on any atom is -0.314 e. The maximum absolute atomic E-state index is 13.5. The SMILES string of the molecule is CC[C@@H]1C[C@H](NS(=O)(=O)C2CC2)C[C@@H]1NCCCc1cnc2c(ccn2S(=O)(=O)C2(C)C=CC(Cl)=CC2)c1. The zero-order valence-electron chi connectivity index (χ0n) is 21.9. The van der Waals surface area contributed by atoms with Crippen molar-refractivity contribution in [3.63, 3.8) is 0 Å². The molecule has 2 aromatic heterocycles. The third-order valence-electron chi connectivity index (χ3n) is 8.26. The van der Waals surface area contributed by atoms with Crippen LogP contribution in [-0.2, 0) is 26.5 Å². The van der Waals surface area contributed by atoms with Gasteiger partial charge in [-0.1, -0.05) is 37.1 Å². The molecule has 1 unspecified atom stereocenters. The number of sulfonamides is 1.